The third kappa shape index (κ3) is 4.45. The number of carbonyl (C=O) groups excluding carboxylic acids is 2. The smallest absolute Gasteiger partial charge is 0.292 e. The highest BCUT2D eigenvalue weighted by molar-refractivity contribution is 6.45. The van der Waals surface area contributed by atoms with Crippen molar-refractivity contribution in [2.24, 2.45) is 0 Å². The number of aromatic amines is 1. The molecule has 30 heavy (non-hydrogen) atoms. The minimum Gasteiger partial charge on any atom is -0.393 e. The number of amides is 1. The summed E-state index contributed by atoms with van der Waals surface area (Å²) in [7, 11) is 0. The van der Waals surface area contributed by atoms with E-state index in [1.165, 1.54) is 5.56 Å². The molecular weight excluding hydrogens is 378 g/mol. The van der Waals surface area contributed by atoms with Gasteiger partial charge in [-0.25, -0.2) is 0 Å². The van der Waals surface area contributed by atoms with Crippen LogP contribution >= 0.6 is 0 Å². The predicted octanol–water partition coefficient (Wildman–Crippen LogP) is 2.93. The van der Waals surface area contributed by atoms with Crippen LogP contribution in [0.25, 0.3) is 10.9 Å². The van der Waals surface area contributed by atoms with Gasteiger partial charge in [0.2, 0.25) is 0 Å². The molecule has 1 saturated heterocycles. The van der Waals surface area contributed by atoms with E-state index < -0.39 is 11.7 Å². The van der Waals surface area contributed by atoms with E-state index in [1.807, 2.05) is 43.3 Å². The number of hydrogen-bond donors (Lipinski definition) is 3. The largest absolute Gasteiger partial charge is 0.393 e. The third-order valence-electron chi connectivity index (χ3n) is 5.77. The number of carbonyl (C=O) groups is 2. The highest BCUT2D eigenvalue weighted by Gasteiger charge is 2.22. The van der Waals surface area contributed by atoms with Crippen LogP contribution in [0.3, 0.4) is 0 Å². The second-order valence-corrected chi connectivity index (χ2v) is 8.01. The second kappa shape index (κ2) is 8.81. The summed E-state index contributed by atoms with van der Waals surface area (Å²) in [6.45, 7) is 4.80. The molecule has 1 aliphatic heterocycles. The number of para-hydroxylation sites is 1. The lowest BCUT2D eigenvalue weighted by molar-refractivity contribution is -0.117. The number of nitrogens with one attached hydrogen (secondary N) is 2. The lowest BCUT2D eigenvalue weighted by atomic mass is 10.1. The number of aromatic nitrogens is 1. The van der Waals surface area contributed by atoms with Crippen molar-refractivity contribution in [1.82, 2.24) is 15.2 Å². The summed E-state index contributed by atoms with van der Waals surface area (Å²) in [6, 6.07) is 15.6. The molecule has 1 aromatic heterocycles. The first-order chi connectivity index (χ1) is 14.5. The van der Waals surface area contributed by atoms with Gasteiger partial charge in [-0.3, -0.25) is 14.5 Å². The van der Waals surface area contributed by atoms with Gasteiger partial charge in [0.1, 0.15) is 0 Å². The number of Topliss-reactive ketones (excluding diaryl/α,β-unsaturated/α-hetero) is 1. The van der Waals surface area contributed by atoms with Gasteiger partial charge in [-0.15, -0.1) is 0 Å². The fourth-order valence-electron chi connectivity index (χ4n) is 4.04. The van der Waals surface area contributed by atoms with Gasteiger partial charge in [-0.2, -0.15) is 0 Å². The van der Waals surface area contributed by atoms with Gasteiger partial charge in [0.25, 0.3) is 11.7 Å². The number of aliphatic hydroxyl groups excluding tert-OH is 1. The zero-order valence-corrected chi connectivity index (χ0v) is 17.1. The molecule has 0 atom stereocenters. The Morgan fingerprint density at radius 1 is 1.07 bits per heavy atom. The fraction of sp³-hybridized carbons (Fsp3) is 0.333. The molecule has 156 valence electrons. The number of H-pyrrole nitrogens is 1. The number of aliphatic hydroxyl groups is 1. The van der Waals surface area contributed by atoms with E-state index in [0.29, 0.717) is 17.8 Å². The van der Waals surface area contributed by atoms with Crippen molar-refractivity contribution in [3.63, 3.8) is 0 Å². The second-order valence-electron chi connectivity index (χ2n) is 8.01. The Morgan fingerprint density at radius 2 is 1.73 bits per heavy atom. The number of fused-ring (bicyclic) bond motifs is 1. The standard InChI is InChI=1S/C24H27N3O3/c1-16-22(20-4-2-3-5-21(20)26-16)23(29)24(30)25-14-17-6-8-18(9-7-17)15-27-12-10-19(28)11-13-27/h2-9,19,26,28H,10-15H2,1H3,(H,25,30). The molecule has 6 nitrogen and oxygen atoms in total. The average molecular weight is 405 g/mol. The maximum atomic E-state index is 12.7. The summed E-state index contributed by atoms with van der Waals surface area (Å²) in [6.07, 6.45) is 1.49. The van der Waals surface area contributed by atoms with Crippen LogP contribution in [0, 0.1) is 6.92 Å². The summed E-state index contributed by atoms with van der Waals surface area (Å²) in [5.74, 6) is -1.12. The van der Waals surface area contributed by atoms with Crippen LogP contribution < -0.4 is 5.32 Å². The lowest BCUT2D eigenvalue weighted by Crippen LogP contribution is -2.35. The van der Waals surface area contributed by atoms with Gasteiger partial charge in [0.05, 0.1) is 11.7 Å². The first kappa shape index (κ1) is 20.3. The number of ketones is 1. The summed E-state index contributed by atoms with van der Waals surface area (Å²) in [5, 5.41) is 13.1. The third-order valence-corrected chi connectivity index (χ3v) is 5.77. The quantitative estimate of drug-likeness (QED) is 0.435. The number of nitrogens with zero attached hydrogens (tertiary/aromatic N) is 1. The molecule has 1 fully saturated rings. The summed E-state index contributed by atoms with van der Waals surface area (Å²) in [5.41, 5.74) is 4.14. The minimum atomic E-state index is -0.598. The van der Waals surface area contributed by atoms with Gasteiger partial charge in [0.15, 0.2) is 0 Å². The molecule has 2 aromatic carbocycles. The Labute approximate surface area is 175 Å². The maximum Gasteiger partial charge on any atom is 0.292 e. The van der Waals surface area contributed by atoms with Crippen LogP contribution in [-0.4, -0.2) is 45.9 Å². The first-order valence-corrected chi connectivity index (χ1v) is 10.4. The molecule has 3 N–H and O–H groups in total. The van der Waals surface area contributed by atoms with Gasteiger partial charge in [0, 0.05) is 42.8 Å². The molecule has 1 aliphatic rings. The number of aryl methyl sites for hydroxylation is 1. The van der Waals surface area contributed by atoms with Crippen molar-refractivity contribution in [2.45, 2.75) is 39.0 Å². The minimum absolute atomic E-state index is 0.164. The molecule has 0 bridgehead atoms. The van der Waals surface area contributed by atoms with Gasteiger partial charge >= 0.3 is 0 Å². The first-order valence-electron chi connectivity index (χ1n) is 10.4. The van der Waals surface area contributed by atoms with Crippen molar-refractivity contribution in [2.75, 3.05) is 13.1 Å². The van der Waals surface area contributed by atoms with E-state index in [4.69, 9.17) is 0 Å². The topological polar surface area (TPSA) is 85.4 Å². The number of benzene rings is 2. The van der Waals surface area contributed by atoms with E-state index in [1.54, 1.807) is 0 Å². The summed E-state index contributed by atoms with van der Waals surface area (Å²) in [4.78, 5) is 30.7. The zero-order valence-electron chi connectivity index (χ0n) is 17.1. The highest BCUT2D eigenvalue weighted by atomic mass is 16.3. The van der Waals surface area contributed by atoms with Crippen LogP contribution in [-0.2, 0) is 17.9 Å². The number of hydrogen-bond acceptors (Lipinski definition) is 4. The summed E-state index contributed by atoms with van der Waals surface area (Å²) >= 11 is 0. The van der Waals surface area contributed by atoms with E-state index in [0.717, 1.165) is 48.9 Å². The molecule has 0 radical (unpaired) electrons. The molecule has 0 saturated carbocycles. The van der Waals surface area contributed by atoms with Crippen molar-refractivity contribution in [1.29, 1.82) is 0 Å². The number of piperidine rings is 1. The Morgan fingerprint density at radius 3 is 2.47 bits per heavy atom. The monoisotopic (exact) mass is 405 g/mol. The van der Waals surface area contributed by atoms with Crippen LogP contribution in [0.1, 0.15) is 40.0 Å². The molecule has 0 unspecified atom stereocenters. The SMILES string of the molecule is Cc1[nH]c2ccccc2c1C(=O)C(=O)NCc1ccc(CN2CCC(O)CC2)cc1. The van der Waals surface area contributed by atoms with Crippen molar-refractivity contribution >= 4 is 22.6 Å². The van der Waals surface area contributed by atoms with Gasteiger partial charge < -0.3 is 15.4 Å². The molecule has 3 aromatic rings. The Kier molecular flexibility index (Phi) is 5.97. The number of likely N-dealkylation sites (tertiary alicyclic amines) is 1. The van der Waals surface area contributed by atoms with E-state index in [2.05, 4.69) is 27.3 Å². The Balaban J connectivity index is 1.34. The maximum absolute atomic E-state index is 12.7. The molecule has 4 rings (SSSR count). The van der Waals surface area contributed by atoms with Gasteiger partial charge in [-0.05, 0) is 37.0 Å². The van der Waals surface area contributed by atoms with E-state index >= 15 is 0 Å². The van der Waals surface area contributed by atoms with Crippen molar-refractivity contribution < 1.29 is 14.7 Å². The molecular formula is C24H27N3O3. The molecule has 0 aliphatic carbocycles. The lowest BCUT2D eigenvalue weighted by Gasteiger charge is -2.29. The summed E-state index contributed by atoms with van der Waals surface area (Å²) < 4.78 is 0. The van der Waals surface area contributed by atoms with Gasteiger partial charge in [-0.1, -0.05) is 42.5 Å². The van der Waals surface area contributed by atoms with Crippen molar-refractivity contribution in [3.8, 4) is 0 Å². The van der Waals surface area contributed by atoms with Crippen LogP contribution in [0.5, 0.6) is 0 Å². The van der Waals surface area contributed by atoms with E-state index in [9.17, 15) is 14.7 Å². The van der Waals surface area contributed by atoms with Crippen molar-refractivity contribution in [3.05, 3.63) is 70.9 Å². The average Bonchev–Trinajstić information content (AvgIpc) is 3.09. The Hall–Kier alpha value is -2.96. The zero-order chi connectivity index (χ0) is 21.1. The molecule has 6 heteroatoms. The van der Waals surface area contributed by atoms with E-state index in [-0.39, 0.29) is 6.10 Å². The molecule has 2 heterocycles. The fourth-order valence-corrected chi connectivity index (χ4v) is 4.04. The predicted molar refractivity (Wildman–Crippen MR) is 116 cm³/mol. The normalized spacial score (nSPS) is 15.4. The molecule has 0 spiro atoms. The van der Waals surface area contributed by atoms with Crippen LogP contribution in [0.2, 0.25) is 0 Å². The van der Waals surface area contributed by atoms with Crippen LogP contribution in [0.15, 0.2) is 48.5 Å². The Bertz CT molecular complexity index is 1050. The van der Waals surface area contributed by atoms with Crippen LogP contribution in [0.4, 0.5) is 0 Å². The number of rotatable bonds is 6. The molecule has 1 amide bonds. The highest BCUT2D eigenvalue weighted by Crippen LogP contribution is 2.22.